The van der Waals surface area contributed by atoms with Crippen molar-refractivity contribution >= 4 is 17.3 Å². The van der Waals surface area contributed by atoms with Crippen LogP contribution in [0.4, 0.5) is 17.3 Å². The SMILES string of the molecule is CCOc1nccc(Nc2cc(-c3ccc(N)cc3)nn2C(C)(C)C)n1. The van der Waals surface area contributed by atoms with Crippen LogP contribution in [0.5, 0.6) is 6.01 Å². The van der Waals surface area contributed by atoms with Crippen LogP contribution in [0, 0.1) is 0 Å². The fourth-order valence-corrected chi connectivity index (χ4v) is 2.52. The summed E-state index contributed by atoms with van der Waals surface area (Å²) in [5.74, 6) is 1.49. The van der Waals surface area contributed by atoms with Crippen molar-refractivity contribution in [3.63, 3.8) is 0 Å². The molecule has 0 unspecified atom stereocenters. The monoisotopic (exact) mass is 352 g/mol. The van der Waals surface area contributed by atoms with Crippen LogP contribution in [0.2, 0.25) is 0 Å². The van der Waals surface area contributed by atoms with Crippen molar-refractivity contribution in [1.82, 2.24) is 19.7 Å². The first-order valence-corrected chi connectivity index (χ1v) is 8.56. The van der Waals surface area contributed by atoms with Gasteiger partial charge in [-0.25, -0.2) is 9.67 Å². The third kappa shape index (κ3) is 3.93. The summed E-state index contributed by atoms with van der Waals surface area (Å²) in [6.45, 7) is 8.72. The minimum atomic E-state index is -0.204. The average Bonchev–Trinajstić information content (AvgIpc) is 3.00. The summed E-state index contributed by atoms with van der Waals surface area (Å²) < 4.78 is 7.32. The van der Waals surface area contributed by atoms with E-state index in [0.717, 1.165) is 22.8 Å². The van der Waals surface area contributed by atoms with Crippen molar-refractivity contribution in [2.24, 2.45) is 0 Å². The minimum absolute atomic E-state index is 0.204. The molecule has 1 aromatic carbocycles. The molecule has 26 heavy (non-hydrogen) atoms. The number of nitrogen functional groups attached to an aromatic ring is 1. The van der Waals surface area contributed by atoms with Gasteiger partial charge in [0.1, 0.15) is 11.6 Å². The van der Waals surface area contributed by atoms with Crippen LogP contribution in [0.15, 0.2) is 42.6 Å². The van der Waals surface area contributed by atoms with E-state index in [4.69, 9.17) is 15.6 Å². The molecule has 0 aliphatic carbocycles. The highest BCUT2D eigenvalue weighted by molar-refractivity contribution is 5.67. The lowest BCUT2D eigenvalue weighted by atomic mass is 10.1. The van der Waals surface area contributed by atoms with Crippen LogP contribution in [-0.4, -0.2) is 26.4 Å². The molecule has 0 bridgehead atoms. The molecule has 0 spiro atoms. The van der Waals surface area contributed by atoms with Crippen LogP contribution in [0.3, 0.4) is 0 Å². The van der Waals surface area contributed by atoms with Crippen molar-refractivity contribution in [3.05, 3.63) is 42.6 Å². The second kappa shape index (κ2) is 7.03. The molecule has 0 radical (unpaired) electrons. The molecule has 0 aliphatic rings. The maximum atomic E-state index is 5.79. The van der Waals surface area contributed by atoms with Gasteiger partial charge in [-0.3, -0.25) is 0 Å². The zero-order valence-electron chi connectivity index (χ0n) is 15.5. The fourth-order valence-electron chi connectivity index (χ4n) is 2.52. The molecule has 0 fully saturated rings. The van der Waals surface area contributed by atoms with Gasteiger partial charge >= 0.3 is 6.01 Å². The molecular weight excluding hydrogens is 328 g/mol. The van der Waals surface area contributed by atoms with Gasteiger partial charge in [0.15, 0.2) is 0 Å². The Morgan fingerprint density at radius 2 is 1.88 bits per heavy atom. The van der Waals surface area contributed by atoms with E-state index in [1.54, 1.807) is 12.3 Å². The normalized spacial score (nSPS) is 11.4. The van der Waals surface area contributed by atoms with Crippen molar-refractivity contribution in [2.75, 3.05) is 17.7 Å². The molecule has 7 nitrogen and oxygen atoms in total. The van der Waals surface area contributed by atoms with Crippen LogP contribution in [0.25, 0.3) is 11.3 Å². The Balaban J connectivity index is 1.97. The molecule has 0 amide bonds. The number of ether oxygens (including phenoxy) is 1. The van der Waals surface area contributed by atoms with E-state index in [0.29, 0.717) is 18.4 Å². The number of hydrogen-bond acceptors (Lipinski definition) is 6. The van der Waals surface area contributed by atoms with E-state index in [1.165, 1.54) is 0 Å². The van der Waals surface area contributed by atoms with Gasteiger partial charge in [-0.05, 0) is 45.9 Å². The number of nitrogens with zero attached hydrogens (tertiary/aromatic N) is 4. The minimum Gasteiger partial charge on any atom is -0.464 e. The van der Waals surface area contributed by atoms with Crippen molar-refractivity contribution in [3.8, 4) is 17.3 Å². The van der Waals surface area contributed by atoms with E-state index in [1.807, 2.05) is 41.9 Å². The van der Waals surface area contributed by atoms with Crippen molar-refractivity contribution < 1.29 is 4.74 Å². The van der Waals surface area contributed by atoms with Crippen LogP contribution in [-0.2, 0) is 5.54 Å². The van der Waals surface area contributed by atoms with Crippen LogP contribution < -0.4 is 15.8 Å². The average molecular weight is 352 g/mol. The fraction of sp³-hybridized carbons (Fsp3) is 0.316. The second-order valence-corrected chi connectivity index (χ2v) is 6.90. The predicted molar refractivity (Wildman–Crippen MR) is 104 cm³/mol. The maximum absolute atomic E-state index is 5.79. The molecule has 3 N–H and O–H groups in total. The molecular formula is C19H24N6O. The van der Waals surface area contributed by atoms with E-state index in [9.17, 15) is 0 Å². The zero-order chi connectivity index (χ0) is 18.7. The van der Waals surface area contributed by atoms with E-state index >= 15 is 0 Å². The van der Waals surface area contributed by atoms with Gasteiger partial charge in [0.25, 0.3) is 0 Å². The first kappa shape index (κ1) is 17.7. The molecule has 3 rings (SSSR count). The molecule has 136 valence electrons. The Hall–Kier alpha value is -3.09. The van der Waals surface area contributed by atoms with E-state index in [2.05, 4.69) is 36.1 Å². The quantitative estimate of drug-likeness (QED) is 0.678. The molecule has 0 aliphatic heterocycles. The van der Waals surface area contributed by atoms with Crippen molar-refractivity contribution in [1.29, 1.82) is 0 Å². The van der Waals surface area contributed by atoms with Gasteiger partial charge in [-0.1, -0.05) is 12.1 Å². The lowest BCUT2D eigenvalue weighted by molar-refractivity contribution is 0.313. The molecule has 3 aromatic rings. The smallest absolute Gasteiger partial charge is 0.318 e. The van der Waals surface area contributed by atoms with E-state index in [-0.39, 0.29) is 5.54 Å². The topological polar surface area (TPSA) is 90.9 Å². The molecule has 2 aromatic heterocycles. The lowest BCUT2D eigenvalue weighted by Gasteiger charge is -2.22. The largest absolute Gasteiger partial charge is 0.464 e. The highest BCUT2D eigenvalue weighted by atomic mass is 16.5. The second-order valence-electron chi connectivity index (χ2n) is 6.90. The summed E-state index contributed by atoms with van der Waals surface area (Å²) >= 11 is 0. The summed E-state index contributed by atoms with van der Waals surface area (Å²) in [5, 5.41) is 8.10. The Labute approximate surface area is 153 Å². The van der Waals surface area contributed by atoms with Gasteiger partial charge in [0.2, 0.25) is 0 Å². The first-order chi connectivity index (χ1) is 12.4. The van der Waals surface area contributed by atoms with Gasteiger partial charge < -0.3 is 15.8 Å². The lowest BCUT2D eigenvalue weighted by Crippen LogP contribution is -2.24. The number of nitrogens with one attached hydrogen (secondary N) is 1. The van der Waals surface area contributed by atoms with Gasteiger partial charge in [0.05, 0.1) is 17.8 Å². The number of rotatable bonds is 5. The first-order valence-electron chi connectivity index (χ1n) is 8.56. The van der Waals surface area contributed by atoms with Gasteiger partial charge in [-0.2, -0.15) is 10.1 Å². The number of benzene rings is 1. The molecule has 0 saturated carbocycles. The van der Waals surface area contributed by atoms with Crippen LogP contribution >= 0.6 is 0 Å². The summed E-state index contributed by atoms with van der Waals surface area (Å²) in [6, 6.07) is 11.8. The third-order valence-corrected chi connectivity index (χ3v) is 3.71. The van der Waals surface area contributed by atoms with Crippen LogP contribution in [0.1, 0.15) is 27.7 Å². The summed E-state index contributed by atoms with van der Waals surface area (Å²) in [6.07, 6.45) is 1.67. The predicted octanol–water partition coefficient (Wildman–Crippen LogP) is 3.82. The standard InChI is InChI=1S/C19H24N6O/c1-5-26-18-21-11-10-16(23-18)22-17-12-15(24-25(17)19(2,3)4)13-6-8-14(20)9-7-13/h6-12H,5,20H2,1-4H3,(H,21,22,23). The van der Waals surface area contributed by atoms with Gasteiger partial charge in [-0.15, -0.1) is 0 Å². The molecule has 7 heteroatoms. The number of aromatic nitrogens is 4. The Morgan fingerprint density at radius 3 is 2.54 bits per heavy atom. The van der Waals surface area contributed by atoms with E-state index < -0.39 is 0 Å². The Morgan fingerprint density at radius 1 is 1.15 bits per heavy atom. The van der Waals surface area contributed by atoms with Gasteiger partial charge in [0, 0.05) is 23.5 Å². The summed E-state index contributed by atoms with van der Waals surface area (Å²) in [7, 11) is 0. The van der Waals surface area contributed by atoms with Crippen molar-refractivity contribution in [2.45, 2.75) is 33.2 Å². The highest BCUT2D eigenvalue weighted by Crippen LogP contribution is 2.29. The Kier molecular flexibility index (Phi) is 4.79. The molecule has 0 saturated heterocycles. The highest BCUT2D eigenvalue weighted by Gasteiger charge is 2.21. The number of hydrogen-bond donors (Lipinski definition) is 2. The molecule has 2 heterocycles. The number of anilines is 3. The number of nitrogens with two attached hydrogens (primary N) is 1. The maximum Gasteiger partial charge on any atom is 0.318 e. The zero-order valence-corrected chi connectivity index (χ0v) is 15.5. The Bertz CT molecular complexity index is 880. The molecule has 0 atom stereocenters. The summed E-state index contributed by atoms with van der Waals surface area (Å²) in [5.41, 5.74) is 8.18. The third-order valence-electron chi connectivity index (χ3n) is 3.71. The summed E-state index contributed by atoms with van der Waals surface area (Å²) in [4.78, 5) is 8.47.